The van der Waals surface area contributed by atoms with E-state index in [0.717, 1.165) is 10.8 Å². The van der Waals surface area contributed by atoms with E-state index >= 15 is 0 Å². The van der Waals surface area contributed by atoms with Gasteiger partial charge >= 0.3 is 11.8 Å². The summed E-state index contributed by atoms with van der Waals surface area (Å²) in [6.07, 6.45) is 2.39. The van der Waals surface area contributed by atoms with Crippen LogP contribution < -0.4 is 10.6 Å². The summed E-state index contributed by atoms with van der Waals surface area (Å²) in [4.78, 5) is 26.4. The van der Waals surface area contributed by atoms with Gasteiger partial charge in [-0.25, -0.2) is 0 Å². The van der Waals surface area contributed by atoms with Crippen molar-refractivity contribution in [3.63, 3.8) is 0 Å². The van der Waals surface area contributed by atoms with Crippen LogP contribution in [-0.2, 0) is 9.59 Å². The van der Waals surface area contributed by atoms with E-state index in [9.17, 15) is 9.59 Å². The summed E-state index contributed by atoms with van der Waals surface area (Å²) < 4.78 is 0. The summed E-state index contributed by atoms with van der Waals surface area (Å²) in [7, 11) is 4.01. The lowest BCUT2D eigenvalue weighted by atomic mass is 10.1. The van der Waals surface area contributed by atoms with Crippen LogP contribution in [0.15, 0.2) is 42.5 Å². The molecule has 0 heterocycles. The summed E-state index contributed by atoms with van der Waals surface area (Å²) in [5.74, 6) is -0.587. The third-order valence-corrected chi connectivity index (χ3v) is 4.55. The zero-order chi connectivity index (χ0) is 17.1. The van der Waals surface area contributed by atoms with Gasteiger partial charge in [-0.05, 0) is 44.3 Å². The van der Waals surface area contributed by atoms with Crippen molar-refractivity contribution in [2.45, 2.75) is 18.9 Å². The molecule has 0 aromatic heterocycles. The summed E-state index contributed by atoms with van der Waals surface area (Å²) >= 11 is 0. The Kier molecular flexibility index (Phi) is 4.81. The first-order valence-electron chi connectivity index (χ1n) is 8.29. The molecule has 1 aliphatic rings. The minimum atomic E-state index is -0.625. The molecule has 0 saturated heterocycles. The third-order valence-electron chi connectivity index (χ3n) is 4.55. The summed E-state index contributed by atoms with van der Waals surface area (Å²) in [6.45, 7) is 0.499. The Balaban J connectivity index is 1.62. The Morgan fingerprint density at radius 3 is 2.50 bits per heavy atom. The number of nitrogens with one attached hydrogen (secondary N) is 2. The molecule has 0 spiro atoms. The molecule has 2 aromatic rings. The largest absolute Gasteiger partial charge is 0.346 e. The average Bonchev–Trinajstić information content (AvgIpc) is 3.39. The van der Waals surface area contributed by atoms with Gasteiger partial charge in [0.15, 0.2) is 0 Å². The van der Waals surface area contributed by atoms with Gasteiger partial charge in [-0.2, -0.15) is 0 Å². The summed E-state index contributed by atoms with van der Waals surface area (Å²) in [5, 5.41) is 7.43. The van der Waals surface area contributed by atoms with Crippen molar-refractivity contribution in [3.05, 3.63) is 42.5 Å². The normalized spacial score (nSPS) is 15.3. The predicted octanol–water partition coefficient (Wildman–Crippen LogP) is 2.23. The Morgan fingerprint density at radius 1 is 1.08 bits per heavy atom. The molecule has 2 aromatic carbocycles. The van der Waals surface area contributed by atoms with E-state index < -0.39 is 11.8 Å². The SMILES string of the molecule is CN(C)[C@H](CNC(=O)C(=O)Nc1cccc2ccccc12)C1CC1. The van der Waals surface area contributed by atoms with Crippen LogP contribution >= 0.6 is 0 Å². The molecule has 1 saturated carbocycles. The summed E-state index contributed by atoms with van der Waals surface area (Å²) in [5.41, 5.74) is 0.652. The number of rotatable bonds is 5. The van der Waals surface area contributed by atoms with Gasteiger partial charge in [-0.1, -0.05) is 36.4 Å². The molecule has 5 heteroatoms. The second-order valence-corrected chi connectivity index (χ2v) is 6.56. The number of anilines is 1. The maximum absolute atomic E-state index is 12.2. The van der Waals surface area contributed by atoms with Crippen molar-refractivity contribution in [2.24, 2.45) is 5.92 Å². The van der Waals surface area contributed by atoms with E-state index in [1.54, 1.807) is 6.07 Å². The minimum absolute atomic E-state index is 0.291. The third kappa shape index (κ3) is 3.74. The molecule has 126 valence electrons. The number of benzene rings is 2. The fourth-order valence-corrected chi connectivity index (χ4v) is 3.04. The molecule has 0 radical (unpaired) electrons. The van der Waals surface area contributed by atoms with Gasteiger partial charge in [-0.3, -0.25) is 9.59 Å². The maximum Gasteiger partial charge on any atom is 0.313 e. The molecule has 3 rings (SSSR count). The smallest absolute Gasteiger partial charge is 0.313 e. The quantitative estimate of drug-likeness (QED) is 0.829. The predicted molar refractivity (Wildman–Crippen MR) is 95.8 cm³/mol. The van der Waals surface area contributed by atoms with Crippen molar-refractivity contribution >= 4 is 28.3 Å². The maximum atomic E-state index is 12.2. The van der Waals surface area contributed by atoms with Crippen LogP contribution in [0.3, 0.4) is 0 Å². The van der Waals surface area contributed by atoms with Crippen LogP contribution in [0.5, 0.6) is 0 Å². The zero-order valence-corrected chi connectivity index (χ0v) is 14.1. The van der Waals surface area contributed by atoms with Crippen molar-refractivity contribution in [2.75, 3.05) is 26.0 Å². The molecular formula is C19H23N3O2. The molecule has 1 fully saturated rings. The first-order valence-corrected chi connectivity index (χ1v) is 8.29. The minimum Gasteiger partial charge on any atom is -0.346 e. The van der Waals surface area contributed by atoms with Gasteiger partial charge < -0.3 is 15.5 Å². The van der Waals surface area contributed by atoms with Crippen LogP contribution in [0.1, 0.15) is 12.8 Å². The molecule has 0 bridgehead atoms. The number of fused-ring (bicyclic) bond motifs is 1. The number of carbonyl (C=O) groups excluding carboxylic acids is 2. The van der Waals surface area contributed by atoms with Crippen molar-refractivity contribution in [1.82, 2.24) is 10.2 Å². The highest BCUT2D eigenvalue weighted by Gasteiger charge is 2.33. The number of amides is 2. The van der Waals surface area contributed by atoms with Crippen LogP contribution in [0, 0.1) is 5.92 Å². The lowest BCUT2D eigenvalue weighted by molar-refractivity contribution is -0.136. The van der Waals surface area contributed by atoms with Gasteiger partial charge in [0.25, 0.3) is 0 Å². The Bertz CT molecular complexity index is 746. The molecule has 0 aliphatic heterocycles. The molecule has 1 atom stereocenters. The number of nitrogens with zero attached hydrogens (tertiary/aromatic N) is 1. The second-order valence-electron chi connectivity index (χ2n) is 6.56. The molecule has 2 amide bonds. The Labute approximate surface area is 142 Å². The molecule has 2 N–H and O–H groups in total. The molecular weight excluding hydrogens is 302 g/mol. The van der Waals surface area contributed by atoms with Gasteiger partial charge in [0.2, 0.25) is 0 Å². The monoisotopic (exact) mass is 325 g/mol. The van der Waals surface area contributed by atoms with Crippen molar-refractivity contribution in [3.8, 4) is 0 Å². The van der Waals surface area contributed by atoms with E-state index in [1.807, 2.05) is 50.5 Å². The molecule has 5 nitrogen and oxygen atoms in total. The van der Waals surface area contributed by atoms with Crippen molar-refractivity contribution in [1.29, 1.82) is 0 Å². The first kappa shape index (κ1) is 16.5. The Hall–Kier alpha value is -2.40. The summed E-state index contributed by atoms with van der Waals surface area (Å²) in [6, 6.07) is 13.7. The van der Waals surface area contributed by atoms with Crippen LogP contribution in [-0.4, -0.2) is 43.4 Å². The molecule has 1 aliphatic carbocycles. The number of carbonyl (C=O) groups is 2. The van der Waals surface area contributed by atoms with Gasteiger partial charge in [0.1, 0.15) is 0 Å². The van der Waals surface area contributed by atoms with Crippen LogP contribution in [0.25, 0.3) is 10.8 Å². The number of hydrogen-bond acceptors (Lipinski definition) is 3. The van der Waals surface area contributed by atoms with E-state index in [2.05, 4.69) is 15.5 Å². The Morgan fingerprint density at radius 2 is 1.79 bits per heavy atom. The highest BCUT2D eigenvalue weighted by molar-refractivity contribution is 6.40. The van der Waals surface area contributed by atoms with Crippen LogP contribution in [0.4, 0.5) is 5.69 Å². The fourth-order valence-electron chi connectivity index (χ4n) is 3.04. The first-order chi connectivity index (χ1) is 11.6. The van der Waals surface area contributed by atoms with Crippen LogP contribution in [0.2, 0.25) is 0 Å². The molecule has 0 unspecified atom stereocenters. The van der Waals surface area contributed by atoms with Crippen molar-refractivity contribution < 1.29 is 9.59 Å². The van der Waals surface area contributed by atoms with E-state index in [-0.39, 0.29) is 0 Å². The highest BCUT2D eigenvalue weighted by atomic mass is 16.2. The molecule has 24 heavy (non-hydrogen) atoms. The lowest BCUT2D eigenvalue weighted by Gasteiger charge is -2.24. The standard InChI is InChI=1S/C19H23N3O2/c1-22(2)17(14-10-11-14)12-20-18(23)19(24)21-16-9-5-7-13-6-3-4-8-15(13)16/h3-9,14,17H,10-12H2,1-2H3,(H,20,23)(H,21,24)/t17-/m1/s1. The van der Waals surface area contributed by atoms with Gasteiger partial charge in [-0.15, -0.1) is 0 Å². The zero-order valence-electron chi connectivity index (χ0n) is 14.1. The van der Waals surface area contributed by atoms with Gasteiger partial charge in [0, 0.05) is 23.7 Å². The highest BCUT2D eigenvalue weighted by Crippen LogP contribution is 2.34. The number of hydrogen-bond donors (Lipinski definition) is 2. The average molecular weight is 325 g/mol. The van der Waals surface area contributed by atoms with Gasteiger partial charge in [0.05, 0.1) is 0 Å². The van der Waals surface area contributed by atoms with E-state index in [0.29, 0.717) is 24.2 Å². The lowest BCUT2D eigenvalue weighted by Crippen LogP contribution is -2.45. The second kappa shape index (κ2) is 7.01. The number of likely N-dealkylation sites (N-methyl/N-ethyl adjacent to an activating group) is 1. The fraction of sp³-hybridized carbons (Fsp3) is 0.368. The van der Waals surface area contributed by atoms with E-state index in [4.69, 9.17) is 0 Å². The van der Waals surface area contributed by atoms with E-state index in [1.165, 1.54) is 12.8 Å². The topological polar surface area (TPSA) is 61.4 Å².